The maximum atomic E-state index is 12.6. The van der Waals surface area contributed by atoms with Gasteiger partial charge in [-0.1, -0.05) is 31.5 Å². The van der Waals surface area contributed by atoms with E-state index in [-0.39, 0.29) is 35.7 Å². The van der Waals surface area contributed by atoms with Crippen molar-refractivity contribution in [3.05, 3.63) is 52.5 Å². The van der Waals surface area contributed by atoms with Crippen LogP contribution in [0.2, 0.25) is 5.02 Å². The van der Waals surface area contributed by atoms with Crippen molar-refractivity contribution in [2.45, 2.75) is 27.2 Å². The van der Waals surface area contributed by atoms with E-state index in [9.17, 15) is 9.59 Å². The number of hydrogen-bond donors (Lipinski definition) is 3. The number of nitrogens with one attached hydrogen (secondary N) is 2. The van der Waals surface area contributed by atoms with E-state index in [4.69, 9.17) is 17.3 Å². The van der Waals surface area contributed by atoms with Gasteiger partial charge in [0.25, 0.3) is 5.91 Å². The highest BCUT2D eigenvalue weighted by Crippen LogP contribution is 2.24. The van der Waals surface area contributed by atoms with Crippen LogP contribution in [0.3, 0.4) is 0 Å². The normalized spacial score (nSPS) is 10.2. The monoisotopic (exact) mass is 395 g/mol. The third-order valence-electron chi connectivity index (χ3n) is 3.60. The summed E-state index contributed by atoms with van der Waals surface area (Å²) in [5.41, 5.74) is 8.65. The van der Waals surface area contributed by atoms with Crippen LogP contribution in [0.5, 0.6) is 0 Å². The van der Waals surface area contributed by atoms with E-state index in [1.807, 2.05) is 26.8 Å². The van der Waals surface area contributed by atoms with Crippen molar-refractivity contribution in [2.75, 3.05) is 16.4 Å². The van der Waals surface area contributed by atoms with Crippen molar-refractivity contribution < 1.29 is 9.59 Å². The van der Waals surface area contributed by atoms with Gasteiger partial charge in [-0.3, -0.25) is 9.59 Å². The molecule has 0 aliphatic carbocycles. The second kappa shape index (κ2) is 9.46. The lowest BCUT2D eigenvalue weighted by molar-refractivity contribution is -0.116. The highest BCUT2D eigenvalue weighted by atomic mass is 35.5. The summed E-state index contributed by atoms with van der Waals surface area (Å²) in [5, 5.41) is 5.89. The highest BCUT2D eigenvalue weighted by Gasteiger charge is 2.14. The molecule has 0 radical (unpaired) electrons. The van der Waals surface area contributed by atoms with Crippen LogP contribution in [0.1, 0.15) is 36.2 Å². The molecule has 0 saturated carbocycles. The van der Waals surface area contributed by atoms with Crippen LogP contribution in [-0.4, -0.2) is 11.8 Å². The fourth-order valence-electron chi connectivity index (χ4n) is 2.32. The summed E-state index contributed by atoms with van der Waals surface area (Å²) in [6.45, 7) is 5.81. The molecular weight excluding hydrogens is 373 g/mol. The van der Waals surface area contributed by atoms with Crippen molar-refractivity contribution in [1.82, 2.24) is 0 Å². The topological polar surface area (TPSA) is 84.2 Å². The number of halogens is 2. The van der Waals surface area contributed by atoms with Gasteiger partial charge in [0, 0.05) is 23.5 Å². The number of nitrogen functional groups attached to an aromatic ring is 1. The Morgan fingerprint density at radius 1 is 1.12 bits per heavy atom. The van der Waals surface area contributed by atoms with Gasteiger partial charge in [0.15, 0.2) is 0 Å². The second-order valence-corrected chi connectivity index (χ2v) is 6.78. The molecule has 140 valence electrons. The van der Waals surface area contributed by atoms with E-state index in [1.165, 1.54) is 0 Å². The van der Waals surface area contributed by atoms with Gasteiger partial charge >= 0.3 is 0 Å². The number of aryl methyl sites for hydroxylation is 1. The Bertz CT molecular complexity index is 807. The van der Waals surface area contributed by atoms with Crippen LogP contribution < -0.4 is 16.4 Å². The number of hydrogen-bond acceptors (Lipinski definition) is 3. The van der Waals surface area contributed by atoms with Gasteiger partial charge in [-0.25, -0.2) is 0 Å². The molecule has 26 heavy (non-hydrogen) atoms. The molecule has 0 unspecified atom stereocenters. The van der Waals surface area contributed by atoms with E-state index in [2.05, 4.69) is 10.6 Å². The summed E-state index contributed by atoms with van der Waals surface area (Å²) in [6.07, 6.45) is 0.409. The molecule has 2 rings (SSSR count). The minimum Gasteiger partial charge on any atom is -0.399 e. The van der Waals surface area contributed by atoms with Crippen LogP contribution in [0.4, 0.5) is 17.1 Å². The number of carbonyl (C=O) groups is 2. The molecule has 0 spiro atoms. The van der Waals surface area contributed by atoms with Crippen LogP contribution in [0.25, 0.3) is 0 Å². The SMILES string of the molecule is Cc1ccc(N)cc1NC(=O)c1cc(NC(=O)CC(C)C)ccc1Cl.Cl. The highest BCUT2D eigenvalue weighted by molar-refractivity contribution is 6.34. The van der Waals surface area contributed by atoms with Gasteiger partial charge in [-0.15, -0.1) is 12.4 Å². The Balaban J connectivity index is 0.00000338. The number of nitrogens with two attached hydrogens (primary N) is 1. The Hall–Kier alpha value is -2.24. The molecule has 2 aromatic rings. The van der Waals surface area contributed by atoms with Crippen LogP contribution in [0.15, 0.2) is 36.4 Å². The van der Waals surface area contributed by atoms with Gasteiger partial charge < -0.3 is 16.4 Å². The Labute approximate surface area is 164 Å². The summed E-state index contributed by atoms with van der Waals surface area (Å²) >= 11 is 6.15. The molecule has 0 heterocycles. The minimum atomic E-state index is -0.362. The van der Waals surface area contributed by atoms with Crippen molar-refractivity contribution in [1.29, 1.82) is 0 Å². The van der Waals surface area contributed by atoms with E-state index in [0.717, 1.165) is 5.56 Å². The molecule has 0 fully saturated rings. The summed E-state index contributed by atoms with van der Waals surface area (Å²) in [5.74, 6) is -0.212. The first-order valence-electron chi connectivity index (χ1n) is 8.03. The predicted molar refractivity (Wildman–Crippen MR) is 110 cm³/mol. The second-order valence-electron chi connectivity index (χ2n) is 6.37. The standard InChI is InChI=1S/C19H22ClN3O2.ClH/c1-11(2)8-18(24)22-14-6-7-16(20)15(10-14)19(25)23-17-9-13(21)5-4-12(17)3;/h4-7,9-11H,8,21H2,1-3H3,(H,22,24)(H,23,25);1H. The van der Waals surface area contributed by atoms with Crippen LogP contribution in [-0.2, 0) is 4.79 Å². The number of rotatable bonds is 5. The first kappa shape index (κ1) is 21.8. The molecule has 0 atom stereocenters. The van der Waals surface area contributed by atoms with Crippen molar-refractivity contribution >= 4 is 52.9 Å². The van der Waals surface area contributed by atoms with Crippen molar-refractivity contribution in [2.24, 2.45) is 5.92 Å². The molecule has 0 saturated heterocycles. The number of anilines is 3. The molecule has 2 amide bonds. The van der Waals surface area contributed by atoms with Gasteiger partial charge in [-0.05, 0) is 48.7 Å². The molecule has 5 nitrogen and oxygen atoms in total. The smallest absolute Gasteiger partial charge is 0.257 e. The molecular formula is C19H23Cl2N3O2. The lowest BCUT2D eigenvalue weighted by atomic mass is 10.1. The summed E-state index contributed by atoms with van der Waals surface area (Å²) in [6, 6.07) is 10.1. The molecule has 7 heteroatoms. The number of amides is 2. The maximum absolute atomic E-state index is 12.6. The largest absolute Gasteiger partial charge is 0.399 e. The molecule has 0 aliphatic heterocycles. The number of benzene rings is 2. The third-order valence-corrected chi connectivity index (χ3v) is 3.93. The Kier molecular flexibility index (Phi) is 7.93. The fraction of sp³-hybridized carbons (Fsp3) is 0.263. The summed E-state index contributed by atoms with van der Waals surface area (Å²) in [4.78, 5) is 24.5. The van der Waals surface area contributed by atoms with Gasteiger partial charge in [-0.2, -0.15) is 0 Å². The zero-order valence-electron chi connectivity index (χ0n) is 14.9. The van der Waals surface area contributed by atoms with Crippen molar-refractivity contribution in [3.8, 4) is 0 Å². The first-order chi connectivity index (χ1) is 11.8. The third kappa shape index (κ3) is 5.93. The quantitative estimate of drug-likeness (QED) is 0.629. The zero-order chi connectivity index (χ0) is 18.6. The maximum Gasteiger partial charge on any atom is 0.257 e. The average molecular weight is 396 g/mol. The lowest BCUT2D eigenvalue weighted by Gasteiger charge is -2.12. The van der Waals surface area contributed by atoms with Gasteiger partial charge in [0.2, 0.25) is 5.91 Å². The predicted octanol–water partition coefficient (Wildman–Crippen LogP) is 4.89. The Morgan fingerprint density at radius 2 is 1.81 bits per heavy atom. The van der Waals surface area contributed by atoms with Crippen LogP contribution in [0, 0.1) is 12.8 Å². The molecule has 0 aliphatic rings. The first-order valence-corrected chi connectivity index (χ1v) is 8.41. The van der Waals surface area contributed by atoms with Crippen LogP contribution >= 0.6 is 24.0 Å². The Morgan fingerprint density at radius 3 is 2.46 bits per heavy atom. The number of carbonyl (C=O) groups excluding carboxylic acids is 2. The molecule has 0 bridgehead atoms. The molecule has 0 aromatic heterocycles. The summed E-state index contributed by atoms with van der Waals surface area (Å²) in [7, 11) is 0. The van der Waals surface area contributed by atoms with E-state index in [1.54, 1.807) is 30.3 Å². The molecule has 2 aromatic carbocycles. The van der Waals surface area contributed by atoms with Crippen molar-refractivity contribution in [3.63, 3.8) is 0 Å². The lowest BCUT2D eigenvalue weighted by Crippen LogP contribution is -2.16. The van der Waals surface area contributed by atoms with E-state index < -0.39 is 0 Å². The van der Waals surface area contributed by atoms with Gasteiger partial charge in [0.1, 0.15) is 0 Å². The average Bonchev–Trinajstić information content (AvgIpc) is 2.52. The minimum absolute atomic E-state index is 0. The zero-order valence-corrected chi connectivity index (χ0v) is 16.5. The summed E-state index contributed by atoms with van der Waals surface area (Å²) < 4.78 is 0. The fourth-order valence-corrected chi connectivity index (χ4v) is 2.53. The van der Waals surface area contributed by atoms with E-state index >= 15 is 0 Å². The molecule has 4 N–H and O–H groups in total. The van der Waals surface area contributed by atoms with E-state index in [0.29, 0.717) is 28.5 Å². The van der Waals surface area contributed by atoms with Gasteiger partial charge in [0.05, 0.1) is 10.6 Å².